The molecule has 2 aromatic rings. The van der Waals surface area contributed by atoms with Crippen molar-refractivity contribution in [1.29, 1.82) is 0 Å². The minimum atomic E-state index is -0.380. The Morgan fingerprint density at radius 2 is 1.78 bits per heavy atom. The Kier molecular flexibility index (Phi) is 9.11. The average molecular weight is 506 g/mol. The maximum Gasteiger partial charge on any atom is 0.193 e. The Bertz CT molecular complexity index is 956. The van der Waals surface area contributed by atoms with Crippen molar-refractivity contribution in [1.82, 2.24) is 4.90 Å². The van der Waals surface area contributed by atoms with E-state index in [-0.39, 0.29) is 36.4 Å². The van der Waals surface area contributed by atoms with Crippen LogP contribution in [-0.2, 0) is 16.0 Å². The first kappa shape index (κ1) is 24.3. The van der Waals surface area contributed by atoms with Crippen molar-refractivity contribution < 1.29 is 28.8 Å². The summed E-state index contributed by atoms with van der Waals surface area (Å²) < 4.78 is 22.3. The van der Waals surface area contributed by atoms with Crippen molar-refractivity contribution in [2.45, 2.75) is 19.4 Å². The molecule has 0 radical (unpaired) electrons. The highest BCUT2D eigenvalue weighted by atomic mass is 79.9. The second-order valence-corrected chi connectivity index (χ2v) is 8.33. The number of ether oxygens (including phenoxy) is 4. The maximum atomic E-state index is 13.2. The summed E-state index contributed by atoms with van der Waals surface area (Å²) >= 11 is 3.42. The fourth-order valence-electron chi connectivity index (χ4n) is 3.57. The number of benzene rings is 2. The van der Waals surface area contributed by atoms with Crippen molar-refractivity contribution in [2.75, 3.05) is 40.9 Å². The number of rotatable bonds is 11. The van der Waals surface area contributed by atoms with Gasteiger partial charge in [0.25, 0.3) is 0 Å². The van der Waals surface area contributed by atoms with Crippen LogP contribution in [0.3, 0.4) is 0 Å². The first-order chi connectivity index (χ1) is 15.5. The number of likely N-dealkylation sites (tertiary alicyclic amines) is 1. The first-order valence-corrected chi connectivity index (χ1v) is 11.2. The van der Waals surface area contributed by atoms with E-state index in [9.17, 15) is 9.90 Å². The number of phenols is 1. The van der Waals surface area contributed by atoms with E-state index in [1.165, 1.54) is 20.3 Å². The van der Waals surface area contributed by atoms with Crippen LogP contribution < -0.4 is 9.47 Å². The number of nitrogens with zero attached hydrogens (tertiary/aromatic N) is 1. The number of hydrogen-bond acceptors (Lipinski definition) is 7. The number of ketones is 1. The molecule has 32 heavy (non-hydrogen) atoms. The molecule has 3 rings (SSSR count). The standard InChI is InChI=1S/C24H28BrNO6/c1-29-15-31-21-13-22(32-16-30-2)23(24(28)19(21)14-26-10-3-4-11-26)20(27)9-8-17-6-5-7-18(25)12-17/h5-9,12-13,28H,3-4,10-11,14-16H2,1-2H3/b9-8+. The van der Waals surface area contributed by atoms with Crippen molar-refractivity contribution in [3.8, 4) is 17.2 Å². The summed E-state index contributed by atoms with van der Waals surface area (Å²) in [6.07, 6.45) is 5.32. The molecule has 0 aromatic heterocycles. The zero-order valence-electron chi connectivity index (χ0n) is 18.3. The molecule has 1 heterocycles. The van der Waals surface area contributed by atoms with Gasteiger partial charge in [-0.2, -0.15) is 0 Å². The van der Waals surface area contributed by atoms with Crippen LogP contribution >= 0.6 is 15.9 Å². The molecule has 0 spiro atoms. The lowest BCUT2D eigenvalue weighted by atomic mass is 10.0. The van der Waals surface area contributed by atoms with E-state index in [1.54, 1.807) is 12.1 Å². The van der Waals surface area contributed by atoms with Gasteiger partial charge in [0.15, 0.2) is 19.4 Å². The highest BCUT2D eigenvalue weighted by Gasteiger charge is 2.26. The summed E-state index contributed by atoms with van der Waals surface area (Å²) in [6, 6.07) is 9.19. The molecule has 2 aromatic carbocycles. The van der Waals surface area contributed by atoms with E-state index in [1.807, 2.05) is 24.3 Å². The monoisotopic (exact) mass is 505 g/mol. The van der Waals surface area contributed by atoms with Gasteiger partial charge in [0.2, 0.25) is 0 Å². The minimum absolute atomic E-state index is 0.00619. The van der Waals surface area contributed by atoms with Gasteiger partial charge < -0.3 is 24.1 Å². The second-order valence-electron chi connectivity index (χ2n) is 7.41. The molecule has 0 saturated carbocycles. The van der Waals surface area contributed by atoms with Crippen LogP contribution in [0.5, 0.6) is 17.2 Å². The number of methoxy groups -OCH3 is 2. The number of carbonyl (C=O) groups excluding carboxylic acids is 1. The Morgan fingerprint density at radius 1 is 1.09 bits per heavy atom. The number of halogens is 1. The molecule has 0 unspecified atom stereocenters. The van der Waals surface area contributed by atoms with Crippen LogP contribution in [0.25, 0.3) is 6.08 Å². The van der Waals surface area contributed by atoms with E-state index >= 15 is 0 Å². The summed E-state index contributed by atoms with van der Waals surface area (Å²) in [5, 5.41) is 11.2. The van der Waals surface area contributed by atoms with E-state index < -0.39 is 0 Å². The zero-order valence-corrected chi connectivity index (χ0v) is 19.9. The summed E-state index contributed by atoms with van der Waals surface area (Å²) in [5.74, 6) is 0.0643. The number of carbonyl (C=O) groups is 1. The Morgan fingerprint density at radius 3 is 2.44 bits per heavy atom. The second kappa shape index (κ2) is 12.0. The summed E-state index contributed by atoms with van der Waals surface area (Å²) in [7, 11) is 3.01. The molecule has 1 aliphatic rings. The number of hydrogen-bond donors (Lipinski definition) is 1. The van der Waals surface area contributed by atoms with Crippen LogP contribution in [0.2, 0.25) is 0 Å². The largest absolute Gasteiger partial charge is 0.507 e. The Balaban J connectivity index is 2.01. The van der Waals surface area contributed by atoms with Crippen molar-refractivity contribution in [2.24, 2.45) is 0 Å². The molecule has 1 N–H and O–H groups in total. The molecule has 0 amide bonds. The van der Waals surface area contributed by atoms with E-state index in [0.717, 1.165) is 36.0 Å². The molecule has 172 valence electrons. The highest BCUT2D eigenvalue weighted by Crippen LogP contribution is 2.40. The molecule has 7 nitrogen and oxygen atoms in total. The van der Waals surface area contributed by atoms with E-state index in [2.05, 4.69) is 20.8 Å². The topological polar surface area (TPSA) is 77.5 Å². The van der Waals surface area contributed by atoms with Gasteiger partial charge in [-0.15, -0.1) is 0 Å². The molecule has 0 aliphatic carbocycles. The van der Waals surface area contributed by atoms with Crippen LogP contribution in [0.15, 0.2) is 40.9 Å². The van der Waals surface area contributed by atoms with Crippen molar-refractivity contribution >= 4 is 27.8 Å². The quantitative estimate of drug-likeness (QED) is 0.271. The highest BCUT2D eigenvalue weighted by molar-refractivity contribution is 9.10. The zero-order chi connectivity index (χ0) is 22.9. The van der Waals surface area contributed by atoms with Gasteiger partial charge in [0, 0.05) is 31.3 Å². The van der Waals surface area contributed by atoms with Crippen LogP contribution in [0.4, 0.5) is 0 Å². The predicted octanol–water partition coefficient (Wildman–Crippen LogP) is 4.61. The number of phenolic OH excluding ortho intramolecular Hbond substituents is 1. The van der Waals surface area contributed by atoms with Crippen LogP contribution in [0, 0.1) is 0 Å². The SMILES string of the molecule is COCOc1cc(OCOC)c(C(=O)/C=C/c2cccc(Br)c2)c(O)c1CN1CCCC1. The lowest BCUT2D eigenvalue weighted by Gasteiger charge is -2.21. The van der Waals surface area contributed by atoms with Crippen LogP contribution in [0.1, 0.15) is 34.3 Å². The van der Waals surface area contributed by atoms with Gasteiger partial charge in [0.05, 0.1) is 5.56 Å². The molecule has 8 heteroatoms. The van der Waals surface area contributed by atoms with Gasteiger partial charge in [-0.25, -0.2) is 0 Å². The molecular formula is C24H28BrNO6. The average Bonchev–Trinajstić information content (AvgIpc) is 3.30. The van der Waals surface area contributed by atoms with E-state index in [0.29, 0.717) is 17.9 Å². The maximum absolute atomic E-state index is 13.2. The third-order valence-electron chi connectivity index (χ3n) is 5.10. The smallest absolute Gasteiger partial charge is 0.193 e. The third kappa shape index (κ3) is 6.32. The number of aromatic hydroxyl groups is 1. The fraction of sp³-hybridized carbons (Fsp3) is 0.375. The minimum Gasteiger partial charge on any atom is -0.507 e. The van der Waals surface area contributed by atoms with Crippen LogP contribution in [-0.4, -0.2) is 56.7 Å². The number of allylic oxidation sites excluding steroid dienone is 1. The fourth-order valence-corrected chi connectivity index (χ4v) is 3.99. The van der Waals surface area contributed by atoms with E-state index in [4.69, 9.17) is 18.9 Å². The predicted molar refractivity (Wildman–Crippen MR) is 125 cm³/mol. The van der Waals surface area contributed by atoms with Gasteiger partial charge in [-0.3, -0.25) is 9.69 Å². The molecule has 0 bridgehead atoms. The molecule has 1 fully saturated rings. The van der Waals surface area contributed by atoms with Gasteiger partial charge in [-0.1, -0.05) is 34.1 Å². The summed E-state index contributed by atoms with van der Waals surface area (Å²) in [5.41, 5.74) is 1.46. The summed E-state index contributed by atoms with van der Waals surface area (Å²) in [4.78, 5) is 15.4. The van der Waals surface area contributed by atoms with Gasteiger partial charge in [0.1, 0.15) is 22.8 Å². The molecule has 0 atom stereocenters. The lowest BCUT2D eigenvalue weighted by molar-refractivity contribution is 0.0444. The molecule has 1 aliphatic heterocycles. The Hall–Kier alpha value is -2.39. The first-order valence-electron chi connectivity index (χ1n) is 10.4. The summed E-state index contributed by atoms with van der Waals surface area (Å²) in [6.45, 7) is 2.25. The van der Waals surface area contributed by atoms with Gasteiger partial charge >= 0.3 is 0 Å². The lowest BCUT2D eigenvalue weighted by Crippen LogP contribution is -2.20. The van der Waals surface area contributed by atoms with Crippen molar-refractivity contribution in [3.05, 3.63) is 57.6 Å². The molecular weight excluding hydrogens is 478 g/mol. The normalized spacial score (nSPS) is 14.2. The molecule has 1 saturated heterocycles. The van der Waals surface area contributed by atoms with Crippen molar-refractivity contribution in [3.63, 3.8) is 0 Å². The Labute approximate surface area is 196 Å². The third-order valence-corrected chi connectivity index (χ3v) is 5.59. The van der Waals surface area contributed by atoms with Gasteiger partial charge in [-0.05, 0) is 49.7 Å².